The van der Waals surface area contributed by atoms with E-state index in [9.17, 15) is 4.79 Å². The van der Waals surface area contributed by atoms with Crippen molar-refractivity contribution < 1.29 is 4.79 Å². The number of hydrogen-bond acceptors (Lipinski definition) is 4. The van der Waals surface area contributed by atoms with Gasteiger partial charge in [-0.15, -0.1) is 0 Å². The third kappa shape index (κ3) is 2.83. The van der Waals surface area contributed by atoms with E-state index in [4.69, 9.17) is 11.6 Å². The molecule has 1 aliphatic carbocycles. The second-order valence-corrected chi connectivity index (χ2v) is 7.88. The van der Waals surface area contributed by atoms with E-state index in [1.807, 2.05) is 24.3 Å². The lowest BCUT2D eigenvalue weighted by molar-refractivity contribution is -0.116. The Morgan fingerprint density at radius 2 is 1.93 bits per heavy atom. The second kappa shape index (κ2) is 6.60. The highest BCUT2D eigenvalue weighted by Gasteiger charge is 2.39. The van der Waals surface area contributed by atoms with Crippen molar-refractivity contribution in [3.8, 4) is 0 Å². The first kappa shape index (κ1) is 17.2. The highest BCUT2D eigenvalue weighted by molar-refractivity contribution is 6.30. The Kier molecular flexibility index (Phi) is 4.05. The summed E-state index contributed by atoms with van der Waals surface area (Å²) in [5.74, 6) is 0.917. The number of anilines is 1. The second-order valence-electron chi connectivity index (χ2n) is 7.44. The van der Waals surface area contributed by atoms with Gasteiger partial charge in [0, 0.05) is 22.7 Å². The lowest BCUT2D eigenvalue weighted by Gasteiger charge is -2.35. The minimum absolute atomic E-state index is 0.102. The molecule has 5 nitrogen and oxygen atoms in total. The van der Waals surface area contributed by atoms with Crippen molar-refractivity contribution in [3.05, 3.63) is 87.8 Å². The number of aromatic nitrogens is 3. The topological polar surface area (TPSA) is 59.8 Å². The zero-order valence-electron chi connectivity index (χ0n) is 15.4. The van der Waals surface area contributed by atoms with Crippen LogP contribution in [-0.2, 0) is 4.79 Å². The number of allylic oxidation sites excluding steroid dienone is 2. The van der Waals surface area contributed by atoms with Gasteiger partial charge in [-0.3, -0.25) is 4.79 Å². The van der Waals surface area contributed by atoms with Crippen LogP contribution in [0.25, 0.3) is 0 Å². The summed E-state index contributed by atoms with van der Waals surface area (Å²) in [5, 5.41) is 8.43. The molecule has 0 saturated heterocycles. The number of hydrogen-bond donors (Lipinski definition) is 1. The van der Waals surface area contributed by atoms with E-state index >= 15 is 0 Å². The average molecular weight is 391 g/mol. The number of aryl methyl sites for hydroxylation is 1. The van der Waals surface area contributed by atoms with Crippen LogP contribution in [0.15, 0.2) is 66.1 Å². The maximum absolute atomic E-state index is 13.3. The van der Waals surface area contributed by atoms with Crippen LogP contribution in [0.5, 0.6) is 0 Å². The molecule has 2 atom stereocenters. The van der Waals surface area contributed by atoms with Gasteiger partial charge in [0.1, 0.15) is 12.4 Å². The standard InChI is InChI=1S/C22H19ClN4O/c1-13-5-7-14(8-6-13)21-20-18(26-22-24-12-25-27(21)22)10-16(11-19(20)28)15-3-2-4-17(23)9-15/h2-9,12,16,21H,10-11H2,1H3,(H,24,25,26)/t16-,21-/m1/s1. The third-order valence-electron chi connectivity index (χ3n) is 5.57. The summed E-state index contributed by atoms with van der Waals surface area (Å²) in [5.41, 5.74) is 5.04. The first-order valence-electron chi connectivity index (χ1n) is 9.35. The molecule has 1 aromatic heterocycles. The average Bonchev–Trinajstić information content (AvgIpc) is 3.15. The number of nitrogens with zero attached hydrogens (tertiary/aromatic N) is 3. The van der Waals surface area contributed by atoms with Crippen molar-refractivity contribution in [1.29, 1.82) is 0 Å². The van der Waals surface area contributed by atoms with Crippen molar-refractivity contribution in [3.63, 3.8) is 0 Å². The van der Waals surface area contributed by atoms with Crippen LogP contribution in [0, 0.1) is 6.92 Å². The van der Waals surface area contributed by atoms with Crippen LogP contribution in [-0.4, -0.2) is 20.5 Å². The maximum atomic E-state index is 13.3. The summed E-state index contributed by atoms with van der Waals surface area (Å²) in [4.78, 5) is 17.6. The van der Waals surface area contributed by atoms with Gasteiger partial charge in [-0.05, 0) is 42.5 Å². The Morgan fingerprint density at radius 1 is 1.11 bits per heavy atom. The van der Waals surface area contributed by atoms with Crippen LogP contribution in [0.1, 0.15) is 41.5 Å². The van der Waals surface area contributed by atoms with E-state index in [0.717, 1.165) is 28.8 Å². The minimum Gasteiger partial charge on any atom is -0.328 e. The quantitative estimate of drug-likeness (QED) is 0.691. The first-order chi connectivity index (χ1) is 13.6. The minimum atomic E-state index is -0.248. The monoisotopic (exact) mass is 390 g/mol. The molecule has 5 rings (SSSR count). The van der Waals surface area contributed by atoms with Gasteiger partial charge in [-0.1, -0.05) is 53.6 Å². The fraction of sp³-hybridized carbons (Fsp3) is 0.227. The predicted octanol–water partition coefficient (Wildman–Crippen LogP) is 4.66. The summed E-state index contributed by atoms with van der Waals surface area (Å²) in [6, 6.07) is 15.8. The number of halogens is 1. The lowest BCUT2D eigenvalue weighted by atomic mass is 9.78. The Hall–Kier alpha value is -2.92. The molecule has 140 valence electrons. The molecule has 0 amide bonds. The van der Waals surface area contributed by atoms with Crippen LogP contribution < -0.4 is 5.32 Å². The van der Waals surface area contributed by atoms with Gasteiger partial charge in [0.15, 0.2) is 5.78 Å². The number of carbonyl (C=O) groups is 1. The number of rotatable bonds is 2. The molecule has 2 aliphatic rings. The number of benzene rings is 2. The summed E-state index contributed by atoms with van der Waals surface area (Å²) in [6.45, 7) is 2.05. The Balaban J connectivity index is 1.59. The van der Waals surface area contributed by atoms with Gasteiger partial charge >= 0.3 is 0 Å². The van der Waals surface area contributed by atoms with E-state index in [1.165, 1.54) is 11.9 Å². The predicted molar refractivity (Wildman–Crippen MR) is 108 cm³/mol. The summed E-state index contributed by atoms with van der Waals surface area (Å²) in [7, 11) is 0. The van der Waals surface area contributed by atoms with Crippen molar-refractivity contribution in [1.82, 2.24) is 14.8 Å². The Labute approximate surface area is 168 Å². The van der Waals surface area contributed by atoms with Crippen LogP contribution in [0.4, 0.5) is 5.95 Å². The molecule has 2 aromatic carbocycles. The van der Waals surface area contributed by atoms with Crippen LogP contribution >= 0.6 is 11.6 Å². The molecular weight excluding hydrogens is 372 g/mol. The van der Waals surface area contributed by atoms with Crippen LogP contribution in [0.3, 0.4) is 0 Å². The molecule has 0 bridgehead atoms. The molecule has 1 N–H and O–H groups in total. The van der Waals surface area contributed by atoms with Crippen LogP contribution in [0.2, 0.25) is 5.02 Å². The zero-order chi connectivity index (χ0) is 19.3. The van der Waals surface area contributed by atoms with Gasteiger partial charge in [0.25, 0.3) is 0 Å². The lowest BCUT2D eigenvalue weighted by Crippen LogP contribution is -2.33. The first-order valence-corrected chi connectivity index (χ1v) is 9.73. The Bertz CT molecular complexity index is 1100. The van der Waals surface area contributed by atoms with Crippen molar-refractivity contribution in [2.75, 3.05) is 5.32 Å². The highest BCUT2D eigenvalue weighted by atomic mass is 35.5. The molecule has 1 aliphatic heterocycles. The molecule has 0 saturated carbocycles. The van der Waals surface area contributed by atoms with Gasteiger partial charge in [-0.25, -0.2) is 4.68 Å². The number of fused-ring (bicyclic) bond motifs is 1. The van der Waals surface area contributed by atoms with Gasteiger partial charge in [-0.2, -0.15) is 10.1 Å². The normalized spacial score (nSPS) is 21.1. The highest BCUT2D eigenvalue weighted by Crippen LogP contribution is 2.43. The molecule has 28 heavy (non-hydrogen) atoms. The molecule has 2 heterocycles. The van der Waals surface area contributed by atoms with E-state index in [-0.39, 0.29) is 17.7 Å². The van der Waals surface area contributed by atoms with E-state index in [2.05, 4.69) is 46.6 Å². The van der Waals surface area contributed by atoms with Crippen molar-refractivity contribution >= 4 is 23.3 Å². The fourth-order valence-electron chi connectivity index (χ4n) is 4.21. The van der Waals surface area contributed by atoms with E-state index < -0.39 is 0 Å². The number of Topliss-reactive ketones (excluding diaryl/α,β-unsaturated/α-hetero) is 1. The molecule has 0 spiro atoms. The van der Waals surface area contributed by atoms with E-state index in [1.54, 1.807) is 4.68 Å². The zero-order valence-corrected chi connectivity index (χ0v) is 16.1. The van der Waals surface area contributed by atoms with E-state index in [0.29, 0.717) is 17.4 Å². The fourth-order valence-corrected chi connectivity index (χ4v) is 4.40. The number of carbonyl (C=O) groups excluding carboxylic acids is 1. The molecule has 6 heteroatoms. The van der Waals surface area contributed by atoms with Crippen molar-refractivity contribution in [2.45, 2.75) is 31.7 Å². The third-order valence-corrected chi connectivity index (χ3v) is 5.81. The number of ketones is 1. The SMILES string of the molecule is Cc1ccc([C@@H]2C3=C(C[C@@H](c4cccc(Cl)c4)CC3=O)Nc3ncnn32)cc1. The Morgan fingerprint density at radius 3 is 2.71 bits per heavy atom. The van der Waals surface area contributed by atoms with Gasteiger partial charge in [0.05, 0.1) is 0 Å². The summed E-state index contributed by atoms with van der Waals surface area (Å²) >= 11 is 6.17. The smallest absolute Gasteiger partial charge is 0.226 e. The molecule has 0 fully saturated rings. The van der Waals surface area contributed by atoms with Crippen molar-refractivity contribution in [2.24, 2.45) is 0 Å². The molecule has 3 aromatic rings. The maximum Gasteiger partial charge on any atom is 0.226 e. The molecular formula is C22H19ClN4O. The molecule has 0 radical (unpaired) electrons. The summed E-state index contributed by atoms with van der Waals surface area (Å²) < 4.78 is 1.81. The van der Waals surface area contributed by atoms with Gasteiger partial charge in [0.2, 0.25) is 5.95 Å². The van der Waals surface area contributed by atoms with Gasteiger partial charge < -0.3 is 5.32 Å². The summed E-state index contributed by atoms with van der Waals surface area (Å²) in [6.07, 6.45) is 2.74. The number of nitrogens with one attached hydrogen (secondary N) is 1. The molecule has 0 unspecified atom stereocenters. The largest absolute Gasteiger partial charge is 0.328 e.